The molecule has 2 nitrogen and oxygen atoms in total. The van der Waals surface area contributed by atoms with E-state index in [1.54, 1.807) is 11.1 Å². The molecule has 0 spiro atoms. The lowest BCUT2D eigenvalue weighted by Gasteiger charge is -2.06. The predicted molar refractivity (Wildman–Crippen MR) is 71.5 cm³/mol. The summed E-state index contributed by atoms with van der Waals surface area (Å²) in [6.07, 6.45) is 4.91. The smallest absolute Gasteiger partial charge is 0.0591 e. The second-order valence-corrected chi connectivity index (χ2v) is 4.67. The molecular weight excluding hydrogens is 210 g/mol. The van der Waals surface area contributed by atoms with E-state index < -0.39 is 0 Å². The number of aryl methyl sites for hydroxylation is 2. The maximum atomic E-state index is 5.60. The highest BCUT2D eigenvalue weighted by Crippen LogP contribution is 2.22. The average molecular weight is 233 g/mol. The zero-order valence-electron chi connectivity index (χ0n) is 10.8. The molecule has 1 N–H and O–H groups in total. The van der Waals surface area contributed by atoms with Gasteiger partial charge < -0.3 is 10.1 Å². The number of fused-ring (bicyclic) bond motifs is 1. The highest BCUT2D eigenvalue weighted by molar-refractivity contribution is 5.35. The SMILES string of the molecule is CCNCCOCCc1ccc2c(c1)CCC2. The minimum atomic E-state index is 0.818. The molecule has 0 unspecified atom stereocenters. The third-order valence-electron chi connectivity index (χ3n) is 3.37. The van der Waals surface area contributed by atoms with Crippen molar-refractivity contribution in [1.29, 1.82) is 0 Å². The molecule has 0 radical (unpaired) electrons. The summed E-state index contributed by atoms with van der Waals surface area (Å²) in [4.78, 5) is 0. The minimum Gasteiger partial charge on any atom is -0.380 e. The van der Waals surface area contributed by atoms with E-state index in [0.29, 0.717) is 0 Å². The third kappa shape index (κ3) is 3.83. The van der Waals surface area contributed by atoms with Crippen LogP contribution in [0, 0.1) is 0 Å². The van der Waals surface area contributed by atoms with Crippen molar-refractivity contribution in [3.8, 4) is 0 Å². The first-order valence-electron chi connectivity index (χ1n) is 6.79. The van der Waals surface area contributed by atoms with Crippen LogP contribution in [0.25, 0.3) is 0 Å². The van der Waals surface area contributed by atoms with Crippen molar-refractivity contribution in [2.75, 3.05) is 26.3 Å². The summed E-state index contributed by atoms with van der Waals surface area (Å²) in [5, 5.41) is 3.26. The third-order valence-corrected chi connectivity index (χ3v) is 3.37. The van der Waals surface area contributed by atoms with Gasteiger partial charge in [0.05, 0.1) is 13.2 Å². The molecule has 2 heteroatoms. The Kier molecular flexibility index (Phi) is 5.02. The quantitative estimate of drug-likeness (QED) is 0.730. The maximum Gasteiger partial charge on any atom is 0.0591 e. The molecule has 17 heavy (non-hydrogen) atoms. The van der Waals surface area contributed by atoms with Crippen LogP contribution in [0.5, 0.6) is 0 Å². The van der Waals surface area contributed by atoms with Gasteiger partial charge in [-0.1, -0.05) is 25.1 Å². The van der Waals surface area contributed by atoms with Crippen molar-refractivity contribution in [2.24, 2.45) is 0 Å². The Bertz CT molecular complexity index is 349. The Morgan fingerprint density at radius 2 is 2.06 bits per heavy atom. The Balaban J connectivity index is 1.69. The van der Waals surface area contributed by atoms with Gasteiger partial charge >= 0.3 is 0 Å². The lowest BCUT2D eigenvalue weighted by Crippen LogP contribution is -2.19. The van der Waals surface area contributed by atoms with Crippen molar-refractivity contribution in [3.63, 3.8) is 0 Å². The molecule has 1 aromatic rings. The Morgan fingerprint density at radius 3 is 2.94 bits per heavy atom. The zero-order chi connectivity index (χ0) is 11.9. The number of benzene rings is 1. The zero-order valence-corrected chi connectivity index (χ0v) is 10.8. The minimum absolute atomic E-state index is 0.818. The summed E-state index contributed by atoms with van der Waals surface area (Å²) in [7, 11) is 0. The van der Waals surface area contributed by atoms with E-state index in [4.69, 9.17) is 4.74 Å². The highest BCUT2D eigenvalue weighted by Gasteiger charge is 2.10. The van der Waals surface area contributed by atoms with E-state index >= 15 is 0 Å². The van der Waals surface area contributed by atoms with Crippen LogP contribution in [-0.4, -0.2) is 26.3 Å². The van der Waals surface area contributed by atoms with Crippen molar-refractivity contribution >= 4 is 0 Å². The molecular formula is C15H23NO. The topological polar surface area (TPSA) is 21.3 Å². The Morgan fingerprint density at radius 1 is 1.18 bits per heavy atom. The maximum absolute atomic E-state index is 5.60. The van der Waals surface area contributed by atoms with Gasteiger partial charge in [0.1, 0.15) is 0 Å². The summed E-state index contributed by atoms with van der Waals surface area (Å²) in [5.41, 5.74) is 4.55. The van der Waals surface area contributed by atoms with Gasteiger partial charge in [0, 0.05) is 6.54 Å². The molecule has 0 bridgehead atoms. The monoisotopic (exact) mass is 233 g/mol. The number of ether oxygens (including phenoxy) is 1. The van der Waals surface area contributed by atoms with Crippen LogP contribution >= 0.6 is 0 Å². The van der Waals surface area contributed by atoms with E-state index in [2.05, 4.69) is 30.4 Å². The number of hydrogen-bond donors (Lipinski definition) is 1. The van der Waals surface area contributed by atoms with Gasteiger partial charge in [0.2, 0.25) is 0 Å². The lowest BCUT2D eigenvalue weighted by atomic mass is 10.0. The molecule has 0 saturated heterocycles. The summed E-state index contributed by atoms with van der Waals surface area (Å²) in [6, 6.07) is 6.93. The van der Waals surface area contributed by atoms with Gasteiger partial charge in [-0.3, -0.25) is 0 Å². The fourth-order valence-electron chi connectivity index (χ4n) is 2.39. The van der Waals surface area contributed by atoms with Gasteiger partial charge in [-0.25, -0.2) is 0 Å². The number of rotatable bonds is 7. The Labute approximate surface area is 104 Å². The van der Waals surface area contributed by atoms with Crippen molar-refractivity contribution < 1.29 is 4.74 Å². The van der Waals surface area contributed by atoms with E-state index in [-0.39, 0.29) is 0 Å². The Hall–Kier alpha value is -0.860. The van der Waals surface area contributed by atoms with Crippen LogP contribution in [0.15, 0.2) is 18.2 Å². The molecule has 2 rings (SSSR count). The molecule has 94 valence electrons. The fraction of sp³-hybridized carbons (Fsp3) is 0.600. The van der Waals surface area contributed by atoms with Crippen LogP contribution in [-0.2, 0) is 24.0 Å². The number of hydrogen-bond acceptors (Lipinski definition) is 2. The van der Waals surface area contributed by atoms with E-state index in [0.717, 1.165) is 32.7 Å². The number of likely N-dealkylation sites (N-methyl/N-ethyl adjacent to an activating group) is 1. The molecule has 1 aromatic carbocycles. The lowest BCUT2D eigenvalue weighted by molar-refractivity contribution is 0.139. The van der Waals surface area contributed by atoms with Crippen molar-refractivity contribution in [1.82, 2.24) is 5.32 Å². The molecule has 0 atom stereocenters. The first-order valence-corrected chi connectivity index (χ1v) is 6.79. The first-order chi connectivity index (χ1) is 8.40. The summed E-state index contributed by atoms with van der Waals surface area (Å²) in [6.45, 7) is 5.75. The van der Waals surface area contributed by atoms with Crippen molar-refractivity contribution in [3.05, 3.63) is 34.9 Å². The molecule has 0 fully saturated rings. The predicted octanol–water partition coefficient (Wildman–Crippen LogP) is 2.34. The second-order valence-electron chi connectivity index (χ2n) is 4.67. The molecule has 0 heterocycles. The van der Waals surface area contributed by atoms with E-state index in [1.807, 2.05) is 0 Å². The van der Waals surface area contributed by atoms with Gasteiger partial charge in [0.15, 0.2) is 0 Å². The van der Waals surface area contributed by atoms with Gasteiger partial charge in [-0.2, -0.15) is 0 Å². The molecule has 1 aliphatic rings. The van der Waals surface area contributed by atoms with E-state index in [9.17, 15) is 0 Å². The van der Waals surface area contributed by atoms with Crippen molar-refractivity contribution in [2.45, 2.75) is 32.6 Å². The van der Waals surface area contributed by atoms with Gasteiger partial charge in [-0.15, -0.1) is 0 Å². The largest absolute Gasteiger partial charge is 0.380 e. The standard InChI is InChI=1S/C15H23NO/c1-2-16-9-11-17-10-8-13-6-7-14-4-3-5-15(14)12-13/h6-7,12,16H,2-5,8-11H2,1H3. The van der Waals surface area contributed by atoms with Crippen LogP contribution < -0.4 is 5.32 Å². The van der Waals surface area contributed by atoms with Crippen LogP contribution in [0.2, 0.25) is 0 Å². The van der Waals surface area contributed by atoms with Crippen LogP contribution in [0.4, 0.5) is 0 Å². The average Bonchev–Trinajstić information content (AvgIpc) is 2.81. The molecule has 0 aromatic heterocycles. The van der Waals surface area contributed by atoms with E-state index in [1.165, 1.54) is 24.8 Å². The summed E-state index contributed by atoms with van der Waals surface area (Å²) in [5.74, 6) is 0. The normalized spacial score (nSPS) is 13.9. The molecule has 0 saturated carbocycles. The van der Waals surface area contributed by atoms with Gasteiger partial charge in [0.25, 0.3) is 0 Å². The molecule has 1 aliphatic carbocycles. The first kappa shape index (κ1) is 12.6. The molecule has 0 aliphatic heterocycles. The van der Waals surface area contributed by atoms with Gasteiger partial charge in [-0.05, 0) is 48.9 Å². The number of nitrogens with one attached hydrogen (secondary N) is 1. The summed E-state index contributed by atoms with van der Waals surface area (Å²) < 4.78 is 5.60. The van der Waals surface area contributed by atoms with Crippen LogP contribution in [0.1, 0.15) is 30.0 Å². The summed E-state index contributed by atoms with van der Waals surface area (Å²) >= 11 is 0. The molecule has 0 amide bonds. The second kappa shape index (κ2) is 6.77. The fourth-order valence-corrected chi connectivity index (χ4v) is 2.39. The highest BCUT2D eigenvalue weighted by atomic mass is 16.5. The van der Waals surface area contributed by atoms with Crippen LogP contribution in [0.3, 0.4) is 0 Å².